The van der Waals surface area contributed by atoms with Gasteiger partial charge in [-0.3, -0.25) is 5.84 Å². The fourth-order valence-corrected chi connectivity index (χ4v) is 1.43. The lowest BCUT2D eigenvalue weighted by Crippen LogP contribution is -2.28. The molecule has 0 saturated heterocycles. The number of hydrazine groups is 1. The van der Waals surface area contributed by atoms with Gasteiger partial charge < -0.3 is 4.74 Å². The van der Waals surface area contributed by atoms with Crippen LogP contribution in [0.1, 0.15) is 5.56 Å². The van der Waals surface area contributed by atoms with Gasteiger partial charge in [-0.05, 0) is 30.2 Å². The lowest BCUT2D eigenvalue weighted by Gasteiger charge is -2.12. The molecule has 0 radical (unpaired) electrons. The largest absolute Gasteiger partial charge is 0.496 e. The van der Waals surface area contributed by atoms with Crippen molar-refractivity contribution in [3.8, 4) is 5.75 Å². The van der Waals surface area contributed by atoms with Gasteiger partial charge in [0.1, 0.15) is 5.75 Å². The Morgan fingerprint density at radius 1 is 1.50 bits per heavy atom. The number of rotatable bonds is 4. The second-order valence-electron chi connectivity index (χ2n) is 3.19. The fraction of sp³-hybridized carbons (Fsp3) is 0.400. The van der Waals surface area contributed by atoms with Crippen molar-refractivity contribution in [2.24, 2.45) is 5.84 Å². The van der Waals surface area contributed by atoms with Crippen molar-refractivity contribution in [2.45, 2.75) is 6.42 Å². The Hall–Kier alpha value is -0.770. The van der Waals surface area contributed by atoms with Gasteiger partial charge >= 0.3 is 0 Å². The number of hydrogen-bond donors (Lipinski definition) is 1. The zero-order valence-corrected chi connectivity index (χ0v) is 9.21. The number of nitrogens with two attached hydrogens (primary N) is 1. The van der Waals surface area contributed by atoms with E-state index in [1.54, 1.807) is 12.1 Å². The summed E-state index contributed by atoms with van der Waals surface area (Å²) in [6.45, 7) is 0.775. The highest BCUT2D eigenvalue weighted by atomic mass is 35.5. The van der Waals surface area contributed by atoms with Crippen molar-refractivity contribution in [1.82, 2.24) is 5.01 Å². The van der Waals surface area contributed by atoms with E-state index < -0.39 is 0 Å². The summed E-state index contributed by atoms with van der Waals surface area (Å²) in [7, 11) is 3.48. The summed E-state index contributed by atoms with van der Waals surface area (Å²) in [4.78, 5) is 0. The summed E-state index contributed by atoms with van der Waals surface area (Å²) in [6.07, 6.45) is 0.830. The standard InChI is InChI=1S/C10H15ClN2O/c1-13(12)6-5-8-7-9(11)3-4-10(8)14-2/h3-4,7H,5-6,12H2,1-2H3. The van der Waals surface area contributed by atoms with Crippen LogP contribution >= 0.6 is 11.6 Å². The molecule has 14 heavy (non-hydrogen) atoms. The van der Waals surface area contributed by atoms with E-state index in [4.69, 9.17) is 22.2 Å². The molecule has 0 saturated carbocycles. The molecule has 0 amide bonds. The number of halogens is 1. The molecule has 0 aliphatic carbocycles. The lowest BCUT2D eigenvalue weighted by atomic mass is 10.1. The van der Waals surface area contributed by atoms with Crippen LogP contribution in [0.2, 0.25) is 5.02 Å². The highest BCUT2D eigenvalue weighted by Crippen LogP contribution is 2.22. The molecular weight excluding hydrogens is 200 g/mol. The van der Waals surface area contributed by atoms with E-state index >= 15 is 0 Å². The zero-order chi connectivity index (χ0) is 10.6. The Balaban J connectivity index is 2.77. The minimum absolute atomic E-state index is 0.723. The maximum atomic E-state index is 5.89. The molecule has 3 nitrogen and oxygen atoms in total. The third-order valence-corrected chi connectivity index (χ3v) is 2.21. The fourth-order valence-electron chi connectivity index (χ4n) is 1.24. The highest BCUT2D eigenvalue weighted by molar-refractivity contribution is 6.30. The molecule has 1 aromatic rings. The molecule has 1 rings (SSSR count). The Morgan fingerprint density at radius 2 is 2.21 bits per heavy atom. The quantitative estimate of drug-likeness (QED) is 0.613. The van der Waals surface area contributed by atoms with E-state index in [-0.39, 0.29) is 0 Å². The van der Waals surface area contributed by atoms with Crippen molar-refractivity contribution in [3.05, 3.63) is 28.8 Å². The summed E-state index contributed by atoms with van der Waals surface area (Å²) in [5, 5.41) is 2.36. The molecule has 0 aromatic heterocycles. The molecule has 0 unspecified atom stereocenters. The molecule has 0 heterocycles. The third kappa shape index (κ3) is 3.18. The van der Waals surface area contributed by atoms with Crippen LogP contribution < -0.4 is 10.6 Å². The summed E-state index contributed by atoms with van der Waals surface area (Å²) < 4.78 is 5.21. The number of benzene rings is 1. The third-order valence-electron chi connectivity index (χ3n) is 1.98. The normalized spacial score (nSPS) is 10.6. The minimum Gasteiger partial charge on any atom is -0.496 e. The van der Waals surface area contributed by atoms with E-state index in [9.17, 15) is 0 Å². The summed E-state index contributed by atoms with van der Waals surface area (Å²) in [5.41, 5.74) is 1.08. The van der Waals surface area contributed by atoms with Gasteiger partial charge in [0, 0.05) is 18.6 Å². The smallest absolute Gasteiger partial charge is 0.122 e. The summed E-state index contributed by atoms with van der Waals surface area (Å²) in [6, 6.07) is 5.59. The maximum Gasteiger partial charge on any atom is 0.122 e. The highest BCUT2D eigenvalue weighted by Gasteiger charge is 2.04. The topological polar surface area (TPSA) is 38.5 Å². The Kier molecular flexibility index (Phi) is 4.20. The first-order chi connectivity index (χ1) is 6.63. The molecule has 0 bridgehead atoms. The Labute approximate surface area is 89.4 Å². The van der Waals surface area contributed by atoms with Gasteiger partial charge in [0.25, 0.3) is 0 Å². The van der Waals surface area contributed by atoms with Crippen molar-refractivity contribution < 1.29 is 4.74 Å². The van der Waals surface area contributed by atoms with Crippen molar-refractivity contribution >= 4 is 11.6 Å². The molecule has 0 fully saturated rings. The van der Waals surface area contributed by atoms with Gasteiger partial charge in [0.05, 0.1) is 7.11 Å². The van der Waals surface area contributed by atoms with Crippen LogP contribution in [0, 0.1) is 0 Å². The monoisotopic (exact) mass is 214 g/mol. The first kappa shape index (κ1) is 11.3. The maximum absolute atomic E-state index is 5.89. The summed E-state index contributed by atoms with van der Waals surface area (Å²) in [5.74, 6) is 6.39. The van der Waals surface area contributed by atoms with E-state index in [2.05, 4.69) is 0 Å². The molecule has 0 spiro atoms. The minimum atomic E-state index is 0.723. The molecule has 0 aliphatic rings. The Morgan fingerprint density at radius 3 is 2.79 bits per heavy atom. The van der Waals surface area contributed by atoms with Gasteiger partial charge in [-0.1, -0.05) is 11.6 Å². The molecular formula is C10H15ClN2O. The second kappa shape index (κ2) is 5.20. The molecule has 0 atom stereocenters. The predicted octanol–water partition coefficient (Wildman–Crippen LogP) is 1.70. The van der Waals surface area contributed by atoms with Crippen molar-refractivity contribution in [2.75, 3.05) is 20.7 Å². The molecule has 78 valence electrons. The van der Waals surface area contributed by atoms with E-state index in [0.29, 0.717) is 0 Å². The van der Waals surface area contributed by atoms with E-state index in [0.717, 1.165) is 29.3 Å². The number of hydrogen-bond acceptors (Lipinski definition) is 3. The van der Waals surface area contributed by atoms with Gasteiger partial charge in [0.2, 0.25) is 0 Å². The van der Waals surface area contributed by atoms with Crippen LogP contribution in [0.15, 0.2) is 18.2 Å². The van der Waals surface area contributed by atoms with Crippen molar-refractivity contribution in [3.63, 3.8) is 0 Å². The van der Waals surface area contributed by atoms with Crippen LogP contribution in [0.3, 0.4) is 0 Å². The predicted molar refractivity (Wildman–Crippen MR) is 58.5 cm³/mol. The van der Waals surface area contributed by atoms with Crippen LogP contribution in [-0.2, 0) is 6.42 Å². The number of methoxy groups -OCH3 is 1. The molecule has 0 aliphatic heterocycles. The number of nitrogens with zero attached hydrogens (tertiary/aromatic N) is 1. The number of ether oxygens (including phenoxy) is 1. The second-order valence-corrected chi connectivity index (χ2v) is 3.62. The van der Waals surface area contributed by atoms with E-state index in [1.807, 2.05) is 25.2 Å². The van der Waals surface area contributed by atoms with Gasteiger partial charge in [0.15, 0.2) is 0 Å². The lowest BCUT2D eigenvalue weighted by molar-refractivity contribution is 0.349. The van der Waals surface area contributed by atoms with Crippen LogP contribution in [0.4, 0.5) is 0 Å². The average molecular weight is 215 g/mol. The van der Waals surface area contributed by atoms with Crippen LogP contribution in [0.25, 0.3) is 0 Å². The average Bonchev–Trinajstić information content (AvgIpc) is 2.15. The zero-order valence-electron chi connectivity index (χ0n) is 8.46. The van der Waals surface area contributed by atoms with Crippen LogP contribution in [0.5, 0.6) is 5.75 Å². The molecule has 2 N–H and O–H groups in total. The van der Waals surface area contributed by atoms with Gasteiger partial charge in [-0.15, -0.1) is 0 Å². The summed E-state index contributed by atoms with van der Waals surface area (Å²) >= 11 is 5.89. The number of likely N-dealkylation sites (N-methyl/N-ethyl adjacent to an activating group) is 1. The first-order valence-corrected chi connectivity index (χ1v) is 4.79. The molecule has 4 heteroatoms. The molecule has 1 aromatic carbocycles. The first-order valence-electron chi connectivity index (χ1n) is 4.41. The Bertz CT molecular complexity index is 302. The SMILES string of the molecule is COc1ccc(Cl)cc1CCN(C)N. The van der Waals surface area contributed by atoms with Gasteiger partial charge in [-0.25, -0.2) is 5.01 Å². The van der Waals surface area contributed by atoms with Gasteiger partial charge in [-0.2, -0.15) is 0 Å². The van der Waals surface area contributed by atoms with Crippen LogP contribution in [-0.4, -0.2) is 25.7 Å². The van der Waals surface area contributed by atoms with Crippen molar-refractivity contribution in [1.29, 1.82) is 0 Å². The van der Waals surface area contributed by atoms with E-state index in [1.165, 1.54) is 0 Å².